The van der Waals surface area contributed by atoms with Crippen LogP contribution in [0.4, 0.5) is 8.78 Å². The van der Waals surface area contributed by atoms with Gasteiger partial charge in [-0.3, -0.25) is 0 Å². The van der Waals surface area contributed by atoms with Crippen molar-refractivity contribution in [1.29, 1.82) is 4.78 Å². The van der Waals surface area contributed by atoms with Crippen LogP contribution in [0.15, 0.2) is 0 Å². The fourth-order valence-corrected chi connectivity index (χ4v) is 2.02. The summed E-state index contributed by atoms with van der Waals surface area (Å²) < 4.78 is 43.6. The predicted molar refractivity (Wildman–Crippen MR) is 37.9 cm³/mol. The molecule has 6 heteroatoms. The molecule has 1 unspecified atom stereocenters. The third kappa shape index (κ3) is 1.67. The molecule has 1 fully saturated rings. The molecule has 0 aromatic rings. The van der Waals surface area contributed by atoms with Gasteiger partial charge in [0.15, 0.2) is 0 Å². The van der Waals surface area contributed by atoms with Gasteiger partial charge in [0.05, 0.1) is 13.1 Å². The number of rotatable bonds is 2. The Morgan fingerprint density at radius 2 is 2.09 bits per heavy atom. The van der Waals surface area contributed by atoms with Crippen molar-refractivity contribution in [2.45, 2.75) is 12.8 Å². The van der Waals surface area contributed by atoms with Crippen LogP contribution < -0.4 is 0 Å². The van der Waals surface area contributed by atoms with E-state index in [4.69, 9.17) is 4.78 Å². The quantitative estimate of drug-likeness (QED) is 0.681. The molecule has 66 valence electrons. The minimum atomic E-state index is -2.88. The highest BCUT2D eigenvalue weighted by molar-refractivity contribution is 7.90. The Morgan fingerprint density at radius 3 is 2.36 bits per heavy atom. The molecule has 1 aliphatic rings. The first-order chi connectivity index (χ1) is 4.87. The maximum atomic E-state index is 12.2. The van der Waals surface area contributed by atoms with Crippen LogP contribution in [0.3, 0.4) is 0 Å². The van der Waals surface area contributed by atoms with Crippen LogP contribution in [0.5, 0.6) is 0 Å². The molecule has 0 amide bonds. The molecule has 1 aliphatic heterocycles. The van der Waals surface area contributed by atoms with Crippen LogP contribution in [0, 0.1) is 4.78 Å². The summed E-state index contributed by atoms with van der Waals surface area (Å²) in [6.45, 7) is 0.512. The Morgan fingerprint density at radius 1 is 1.64 bits per heavy atom. The SMILES string of the molecule is CCS(=N)(=O)N1CC(F)(F)C1. The molecule has 1 N–H and O–H groups in total. The number of alkyl halides is 2. The Balaban J connectivity index is 2.58. The summed E-state index contributed by atoms with van der Waals surface area (Å²) >= 11 is 0. The maximum Gasteiger partial charge on any atom is 0.275 e. The van der Waals surface area contributed by atoms with Crippen LogP contribution in [-0.2, 0) is 9.92 Å². The first kappa shape index (κ1) is 8.86. The lowest BCUT2D eigenvalue weighted by atomic mass is 10.2. The van der Waals surface area contributed by atoms with E-state index in [1.807, 2.05) is 0 Å². The van der Waals surface area contributed by atoms with Gasteiger partial charge < -0.3 is 0 Å². The summed E-state index contributed by atoms with van der Waals surface area (Å²) in [6, 6.07) is 0. The van der Waals surface area contributed by atoms with Gasteiger partial charge in [0.2, 0.25) is 0 Å². The van der Waals surface area contributed by atoms with Gasteiger partial charge in [-0.05, 0) is 0 Å². The van der Waals surface area contributed by atoms with Crippen LogP contribution in [0.1, 0.15) is 6.92 Å². The second-order valence-corrected chi connectivity index (χ2v) is 4.96. The highest BCUT2D eigenvalue weighted by Gasteiger charge is 2.47. The van der Waals surface area contributed by atoms with Crippen LogP contribution in [0.2, 0.25) is 0 Å². The second kappa shape index (κ2) is 2.38. The minimum absolute atomic E-state index is 0.114. The lowest BCUT2D eigenvalue weighted by molar-refractivity contribution is -0.0934. The van der Waals surface area contributed by atoms with E-state index in [0.717, 1.165) is 4.31 Å². The zero-order chi connectivity index (χ0) is 8.70. The van der Waals surface area contributed by atoms with E-state index in [9.17, 15) is 13.0 Å². The van der Waals surface area contributed by atoms with Gasteiger partial charge in [-0.15, -0.1) is 0 Å². The van der Waals surface area contributed by atoms with Crippen LogP contribution >= 0.6 is 0 Å². The summed E-state index contributed by atoms with van der Waals surface area (Å²) in [5.41, 5.74) is 0. The van der Waals surface area contributed by atoms with E-state index in [-0.39, 0.29) is 5.75 Å². The fraction of sp³-hybridized carbons (Fsp3) is 1.00. The van der Waals surface area contributed by atoms with Crippen molar-refractivity contribution in [2.24, 2.45) is 0 Å². The van der Waals surface area contributed by atoms with E-state index >= 15 is 0 Å². The molecule has 0 saturated carbocycles. The van der Waals surface area contributed by atoms with Gasteiger partial charge in [-0.2, -0.15) is 0 Å². The van der Waals surface area contributed by atoms with Crippen molar-refractivity contribution < 1.29 is 13.0 Å². The maximum absolute atomic E-state index is 12.2. The van der Waals surface area contributed by atoms with Gasteiger partial charge >= 0.3 is 0 Å². The molecule has 0 bridgehead atoms. The van der Waals surface area contributed by atoms with Gasteiger partial charge in [0, 0.05) is 5.75 Å². The number of hydrogen-bond acceptors (Lipinski definition) is 2. The third-order valence-corrected chi connectivity index (χ3v) is 3.50. The fourth-order valence-electron chi connectivity index (χ4n) is 0.861. The number of halogens is 2. The molecule has 0 radical (unpaired) electrons. The van der Waals surface area contributed by atoms with Gasteiger partial charge in [0.25, 0.3) is 5.92 Å². The van der Waals surface area contributed by atoms with Gasteiger partial charge in [-0.1, -0.05) is 6.92 Å². The minimum Gasteiger partial charge on any atom is -0.240 e. The van der Waals surface area contributed by atoms with Gasteiger partial charge in [0.1, 0.15) is 9.92 Å². The molecule has 0 spiro atoms. The smallest absolute Gasteiger partial charge is 0.240 e. The molecular formula is C5H10F2N2OS. The molecule has 11 heavy (non-hydrogen) atoms. The summed E-state index contributed by atoms with van der Waals surface area (Å²) in [6.07, 6.45) is 0. The van der Waals surface area contributed by atoms with Gasteiger partial charge in [-0.25, -0.2) is 22.1 Å². The first-order valence-electron chi connectivity index (χ1n) is 3.27. The molecule has 0 aromatic heterocycles. The Bertz CT molecular complexity index is 241. The topological polar surface area (TPSA) is 44.2 Å². The Hall–Kier alpha value is -0.230. The van der Waals surface area contributed by atoms with Crippen molar-refractivity contribution in [3.05, 3.63) is 0 Å². The monoisotopic (exact) mass is 184 g/mol. The summed E-state index contributed by atoms with van der Waals surface area (Å²) in [4.78, 5) is 0. The molecule has 1 rings (SSSR count). The Labute approximate surface area is 64.5 Å². The molecular weight excluding hydrogens is 174 g/mol. The van der Waals surface area contributed by atoms with E-state index in [1.54, 1.807) is 6.92 Å². The number of nitrogens with one attached hydrogen (secondary N) is 1. The van der Waals surface area contributed by atoms with Crippen molar-refractivity contribution in [1.82, 2.24) is 4.31 Å². The van der Waals surface area contributed by atoms with Crippen molar-refractivity contribution in [3.63, 3.8) is 0 Å². The zero-order valence-electron chi connectivity index (χ0n) is 6.14. The first-order valence-corrected chi connectivity index (χ1v) is 4.95. The number of hydrogen-bond donors (Lipinski definition) is 1. The molecule has 1 saturated heterocycles. The second-order valence-electron chi connectivity index (χ2n) is 2.58. The van der Waals surface area contributed by atoms with E-state index < -0.39 is 28.9 Å². The molecule has 0 aromatic carbocycles. The van der Waals surface area contributed by atoms with Crippen molar-refractivity contribution in [3.8, 4) is 0 Å². The third-order valence-electron chi connectivity index (χ3n) is 1.62. The summed E-state index contributed by atoms with van der Waals surface area (Å²) in [5.74, 6) is -2.61. The highest BCUT2D eigenvalue weighted by atomic mass is 32.2. The predicted octanol–water partition coefficient (Wildman–Crippen LogP) is 0.919. The van der Waals surface area contributed by atoms with Crippen molar-refractivity contribution in [2.75, 3.05) is 18.8 Å². The normalized spacial score (nSPS) is 29.0. The number of nitrogens with zero attached hydrogens (tertiary/aromatic N) is 1. The molecule has 0 aliphatic carbocycles. The lowest BCUT2D eigenvalue weighted by Crippen LogP contribution is -2.58. The standard InChI is InChI=1S/C5H10F2N2OS/c1-2-11(8,10)9-3-5(6,7)4-9/h8H,2-4H2,1H3. The average molecular weight is 184 g/mol. The van der Waals surface area contributed by atoms with E-state index in [2.05, 4.69) is 0 Å². The lowest BCUT2D eigenvalue weighted by Gasteiger charge is -2.38. The average Bonchev–Trinajstić information content (AvgIpc) is 1.83. The van der Waals surface area contributed by atoms with Crippen molar-refractivity contribution >= 4 is 9.92 Å². The largest absolute Gasteiger partial charge is 0.275 e. The molecule has 1 atom stereocenters. The Kier molecular flexibility index (Phi) is 1.92. The summed E-state index contributed by atoms with van der Waals surface area (Å²) in [7, 11) is -2.88. The van der Waals surface area contributed by atoms with Crippen LogP contribution in [-0.4, -0.2) is 33.3 Å². The van der Waals surface area contributed by atoms with E-state index in [1.165, 1.54) is 0 Å². The molecule has 1 heterocycles. The highest BCUT2D eigenvalue weighted by Crippen LogP contribution is 2.29. The van der Waals surface area contributed by atoms with Crippen LogP contribution in [0.25, 0.3) is 0 Å². The zero-order valence-corrected chi connectivity index (χ0v) is 6.96. The summed E-state index contributed by atoms with van der Waals surface area (Å²) in [5, 5.41) is 0. The van der Waals surface area contributed by atoms with E-state index in [0.29, 0.717) is 0 Å². The molecule has 3 nitrogen and oxygen atoms in total.